The second kappa shape index (κ2) is 6.51. The van der Waals surface area contributed by atoms with E-state index in [1.165, 1.54) is 12.1 Å². The van der Waals surface area contributed by atoms with Crippen LogP contribution in [0.3, 0.4) is 0 Å². The van der Waals surface area contributed by atoms with Crippen molar-refractivity contribution >= 4 is 5.84 Å². The summed E-state index contributed by atoms with van der Waals surface area (Å²) in [4.78, 5) is 4.16. The van der Waals surface area contributed by atoms with Gasteiger partial charge in [-0.05, 0) is 24.3 Å². The van der Waals surface area contributed by atoms with Crippen molar-refractivity contribution < 1.29 is 14.3 Å². The Kier molecular flexibility index (Phi) is 4.49. The van der Waals surface area contributed by atoms with E-state index >= 15 is 0 Å². The molecule has 0 saturated heterocycles. The van der Waals surface area contributed by atoms with Gasteiger partial charge in [0.05, 0.1) is 12.2 Å². The summed E-state index contributed by atoms with van der Waals surface area (Å²) in [5.41, 5.74) is 6.27. The summed E-state index contributed by atoms with van der Waals surface area (Å²) >= 11 is 0. The Hall–Kier alpha value is -2.63. The highest BCUT2D eigenvalue weighted by atomic mass is 19.1. The van der Waals surface area contributed by atoms with Gasteiger partial charge in [-0.25, -0.2) is 4.39 Å². The first-order chi connectivity index (χ1) is 9.72. The lowest BCUT2D eigenvalue weighted by atomic mass is 10.1. The Morgan fingerprint density at radius 3 is 2.85 bits per heavy atom. The lowest BCUT2D eigenvalue weighted by Crippen LogP contribution is -2.17. The number of ether oxygens (including phenoxy) is 1. The minimum absolute atomic E-state index is 0.0454. The van der Waals surface area contributed by atoms with Crippen LogP contribution in [-0.4, -0.2) is 22.6 Å². The first-order valence-corrected chi connectivity index (χ1v) is 6.01. The van der Waals surface area contributed by atoms with Crippen LogP contribution < -0.4 is 10.5 Å². The fourth-order valence-corrected chi connectivity index (χ4v) is 1.73. The molecule has 0 aliphatic rings. The van der Waals surface area contributed by atoms with Gasteiger partial charge in [-0.3, -0.25) is 4.98 Å². The molecule has 0 saturated carbocycles. The molecule has 104 valence electrons. The second-order valence-electron chi connectivity index (χ2n) is 4.02. The molecule has 5 nitrogen and oxygen atoms in total. The third-order valence-electron chi connectivity index (χ3n) is 2.68. The molecule has 20 heavy (non-hydrogen) atoms. The topological polar surface area (TPSA) is 80.7 Å². The average Bonchev–Trinajstić information content (AvgIpc) is 2.48. The van der Waals surface area contributed by atoms with Gasteiger partial charge >= 0.3 is 0 Å². The molecule has 1 aromatic carbocycles. The molecule has 0 spiro atoms. The normalized spacial score (nSPS) is 11.3. The lowest BCUT2D eigenvalue weighted by Gasteiger charge is -2.11. The summed E-state index contributed by atoms with van der Waals surface area (Å²) in [5, 5.41) is 11.5. The number of halogens is 1. The fourth-order valence-electron chi connectivity index (χ4n) is 1.73. The molecular weight excluding hydrogens is 261 g/mol. The molecule has 2 rings (SSSR count). The highest BCUT2D eigenvalue weighted by Crippen LogP contribution is 2.21. The van der Waals surface area contributed by atoms with E-state index in [9.17, 15) is 4.39 Å². The molecule has 2 aromatic rings. The summed E-state index contributed by atoms with van der Waals surface area (Å²) in [6.07, 6.45) is 2.27. The van der Waals surface area contributed by atoms with E-state index in [4.69, 9.17) is 15.7 Å². The Morgan fingerprint density at radius 1 is 1.30 bits per heavy atom. The zero-order valence-corrected chi connectivity index (χ0v) is 10.7. The highest BCUT2D eigenvalue weighted by Gasteiger charge is 2.14. The smallest absolute Gasteiger partial charge is 0.176 e. The van der Waals surface area contributed by atoms with E-state index in [0.717, 1.165) is 5.69 Å². The zero-order valence-electron chi connectivity index (χ0n) is 10.7. The van der Waals surface area contributed by atoms with Crippen molar-refractivity contribution in [2.45, 2.75) is 6.42 Å². The van der Waals surface area contributed by atoms with Crippen LogP contribution >= 0.6 is 0 Å². The van der Waals surface area contributed by atoms with Crippen LogP contribution in [0.2, 0.25) is 0 Å². The molecule has 6 heteroatoms. The average molecular weight is 275 g/mol. The molecule has 0 bridgehead atoms. The number of hydrogen-bond donors (Lipinski definition) is 2. The fraction of sp³-hybridized carbons (Fsp3) is 0.143. The van der Waals surface area contributed by atoms with Crippen LogP contribution in [0.5, 0.6) is 5.75 Å². The monoisotopic (exact) mass is 275 g/mol. The number of aromatic nitrogens is 1. The zero-order chi connectivity index (χ0) is 14.4. The SMILES string of the molecule is NC(=NO)c1c(F)cccc1OCCc1ccccn1. The van der Waals surface area contributed by atoms with Crippen LogP contribution in [0.4, 0.5) is 4.39 Å². The van der Waals surface area contributed by atoms with Gasteiger partial charge in [0.15, 0.2) is 5.84 Å². The third kappa shape index (κ3) is 3.23. The lowest BCUT2D eigenvalue weighted by molar-refractivity contribution is 0.311. The molecule has 1 aromatic heterocycles. The predicted molar refractivity (Wildman–Crippen MR) is 72.3 cm³/mol. The highest BCUT2D eigenvalue weighted by molar-refractivity contribution is 5.99. The number of benzene rings is 1. The van der Waals surface area contributed by atoms with Crippen molar-refractivity contribution in [3.8, 4) is 5.75 Å². The largest absolute Gasteiger partial charge is 0.492 e. The number of hydrogen-bond acceptors (Lipinski definition) is 4. The quantitative estimate of drug-likeness (QED) is 0.378. The molecule has 1 heterocycles. The van der Waals surface area contributed by atoms with E-state index in [1.807, 2.05) is 18.2 Å². The molecule has 0 aliphatic carbocycles. The number of amidine groups is 1. The number of pyridine rings is 1. The number of nitrogens with two attached hydrogens (primary N) is 1. The number of nitrogens with zero attached hydrogens (tertiary/aromatic N) is 2. The molecule has 0 unspecified atom stereocenters. The second-order valence-corrected chi connectivity index (χ2v) is 4.02. The molecule has 0 atom stereocenters. The van der Waals surface area contributed by atoms with Crippen molar-refractivity contribution in [1.82, 2.24) is 4.98 Å². The molecule has 0 amide bonds. The Morgan fingerprint density at radius 2 is 2.15 bits per heavy atom. The van der Waals surface area contributed by atoms with Crippen molar-refractivity contribution in [3.05, 3.63) is 59.7 Å². The van der Waals surface area contributed by atoms with Crippen molar-refractivity contribution in [2.75, 3.05) is 6.61 Å². The van der Waals surface area contributed by atoms with Crippen LogP contribution in [0.1, 0.15) is 11.3 Å². The summed E-state index contributed by atoms with van der Waals surface area (Å²) in [5.74, 6) is -0.692. The molecule has 0 fully saturated rings. The van der Waals surface area contributed by atoms with Gasteiger partial charge in [-0.15, -0.1) is 0 Å². The summed E-state index contributed by atoms with van der Waals surface area (Å²) in [6, 6.07) is 9.87. The Bertz CT molecular complexity index is 603. The maximum absolute atomic E-state index is 13.7. The standard InChI is InChI=1S/C14H14FN3O2/c15-11-5-3-6-12(13(11)14(16)18-19)20-9-7-10-4-1-2-8-17-10/h1-6,8,19H,7,9H2,(H2,16,18). The minimum Gasteiger partial charge on any atom is -0.492 e. The summed E-state index contributed by atoms with van der Waals surface area (Å²) < 4.78 is 19.2. The predicted octanol–water partition coefficient (Wildman–Crippen LogP) is 1.94. The van der Waals surface area contributed by atoms with Crippen LogP contribution in [0, 0.1) is 5.82 Å². The maximum atomic E-state index is 13.7. The van der Waals surface area contributed by atoms with Gasteiger partial charge in [0.1, 0.15) is 11.6 Å². The molecule has 3 N–H and O–H groups in total. The van der Waals surface area contributed by atoms with Gasteiger partial charge in [0.2, 0.25) is 0 Å². The first-order valence-electron chi connectivity index (χ1n) is 6.01. The number of oxime groups is 1. The van der Waals surface area contributed by atoms with E-state index < -0.39 is 5.82 Å². The molecule has 0 aliphatic heterocycles. The Labute approximate surface area is 115 Å². The maximum Gasteiger partial charge on any atom is 0.176 e. The first kappa shape index (κ1) is 13.8. The van der Waals surface area contributed by atoms with E-state index in [-0.39, 0.29) is 17.1 Å². The Balaban J connectivity index is 2.08. The van der Waals surface area contributed by atoms with Gasteiger partial charge in [0, 0.05) is 18.3 Å². The minimum atomic E-state index is -0.601. The van der Waals surface area contributed by atoms with Gasteiger partial charge in [-0.2, -0.15) is 0 Å². The van der Waals surface area contributed by atoms with Gasteiger partial charge in [-0.1, -0.05) is 17.3 Å². The molecule has 0 radical (unpaired) electrons. The number of rotatable bonds is 5. The molecular formula is C14H14FN3O2. The van der Waals surface area contributed by atoms with Crippen molar-refractivity contribution in [3.63, 3.8) is 0 Å². The van der Waals surface area contributed by atoms with Gasteiger partial charge in [0.25, 0.3) is 0 Å². The van der Waals surface area contributed by atoms with Gasteiger partial charge < -0.3 is 15.7 Å². The van der Waals surface area contributed by atoms with Crippen LogP contribution in [0.15, 0.2) is 47.8 Å². The summed E-state index contributed by atoms with van der Waals surface area (Å²) in [6.45, 7) is 0.312. The van der Waals surface area contributed by atoms with E-state index in [0.29, 0.717) is 13.0 Å². The van der Waals surface area contributed by atoms with Crippen LogP contribution in [-0.2, 0) is 6.42 Å². The third-order valence-corrected chi connectivity index (χ3v) is 2.68. The van der Waals surface area contributed by atoms with E-state index in [2.05, 4.69) is 10.1 Å². The summed E-state index contributed by atoms with van der Waals surface area (Å²) in [7, 11) is 0. The van der Waals surface area contributed by atoms with E-state index in [1.54, 1.807) is 12.3 Å². The van der Waals surface area contributed by atoms with Crippen molar-refractivity contribution in [1.29, 1.82) is 0 Å². The van der Waals surface area contributed by atoms with Crippen LogP contribution in [0.25, 0.3) is 0 Å². The van der Waals surface area contributed by atoms with Crippen molar-refractivity contribution in [2.24, 2.45) is 10.9 Å².